The Morgan fingerprint density at radius 1 is 1.20 bits per heavy atom. The van der Waals surface area contributed by atoms with Crippen molar-refractivity contribution in [1.82, 2.24) is 9.62 Å². The number of amides is 1. The molecular weight excluding hydrogens is 340 g/mol. The summed E-state index contributed by atoms with van der Waals surface area (Å²) in [6.07, 6.45) is 1.73. The highest BCUT2D eigenvalue weighted by Gasteiger charge is 2.21. The van der Waals surface area contributed by atoms with Crippen LogP contribution in [0, 0.1) is 0 Å². The topological polar surface area (TPSA) is 75.7 Å². The van der Waals surface area contributed by atoms with Gasteiger partial charge >= 0.3 is 0 Å². The Morgan fingerprint density at radius 2 is 1.80 bits per heavy atom. The molecule has 1 unspecified atom stereocenters. The Morgan fingerprint density at radius 3 is 2.32 bits per heavy atom. The quantitative estimate of drug-likeness (QED) is 0.648. The van der Waals surface area contributed by atoms with Gasteiger partial charge in [0.1, 0.15) is 0 Å². The lowest BCUT2D eigenvalue weighted by Gasteiger charge is -2.18. The number of carbonyl (C=O) groups is 1. The second-order valence-electron chi connectivity index (χ2n) is 5.98. The van der Waals surface area contributed by atoms with Gasteiger partial charge in [-0.2, -0.15) is 4.31 Å². The molecule has 1 atom stereocenters. The van der Waals surface area contributed by atoms with E-state index in [1.807, 2.05) is 20.8 Å². The van der Waals surface area contributed by atoms with E-state index in [0.717, 1.165) is 12.0 Å². The number of ether oxygens (including phenoxy) is 1. The molecule has 1 aromatic rings. The number of rotatable bonds is 11. The molecule has 1 aromatic carbocycles. The normalized spacial score (nSPS) is 13.0. The maximum atomic E-state index is 12.4. The maximum absolute atomic E-state index is 12.4. The van der Waals surface area contributed by atoms with E-state index in [1.165, 1.54) is 4.31 Å². The number of methoxy groups -OCH3 is 1. The van der Waals surface area contributed by atoms with E-state index in [2.05, 4.69) is 5.32 Å². The molecule has 1 N–H and O–H groups in total. The molecule has 0 aliphatic rings. The van der Waals surface area contributed by atoms with Gasteiger partial charge in [0.25, 0.3) is 0 Å². The van der Waals surface area contributed by atoms with Crippen LogP contribution in [0.1, 0.15) is 39.2 Å². The zero-order valence-electron chi connectivity index (χ0n) is 15.6. The number of hydrogen-bond acceptors (Lipinski definition) is 4. The highest BCUT2D eigenvalue weighted by molar-refractivity contribution is 7.89. The number of nitrogens with one attached hydrogen (secondary N) is 1. The van der Waals surface area contributed by atoms with E-state index in [9.17, 15) is 13.2 Å². The molecule has 0 aliphatic carbocycles. The minimum absolute atomic E-state index is 0.0107. The number of sulfonamides is 1. The Hall–Kier alpha value is -1.44. The fraction of sp³-hybridized carbons (Fsp3) is 0.611. The predicted octanol–water partition coefficient (Wildman–Crippen LogP) is 2.19. The van der Waals surface area contributed by atoms with Crippen molar-refractivity contribution in [3.05, 3.63) is 29.8 Å². The first-order valence-corrected chi connectivity index (χ1v) is 10.2. The first kappa shape index (κ1) is 21.6. The second-order valence-corrected chi connectivity index (χ2v) is 7.92. The molecule has 6 nitrogen and oxygen atoms in total. The first-order valence-electron chi connectivity index (χ1n) is 8.72. The van der Waals surface area contributed by atoms with Gasteiger partial charge < -0.3 is 10.1 Å². The van der Waals surface area contributed by atoms with Gasteiger partial charge in [0.15, 0.2) is 0 Å². The van der Waals surface area contributed by atoms with Crippen LogP contribution in [0.4, 0.5) is 0 Å². The van der Waals surface area contributed by atoms with Crippen LogP contribution in [0.25, 0.3) is 0 Å². The van der Waals surface area contributed by atoms with Gasteiger partial charge in [-0.05, 0) is 37.5 Å². The lowest BCUT2D eigenvalue weighted by molar-refractivity contribution is -0.121. The summed E-state index contributed by atoms with van der Waals surface area (Å²) in [6, 6.07) is 6.86. The number of hydrogen-bond donors (Lipinski definition) is 1. The highest BCUT2D eigenvalue weighted by atomic mass is 32.2. The summed E-state index contributed by atoms with van der Waals surface area (Å²) in [6.45, 7) is 7.10. The maximum Gasteiger partial charge on any atom is 0.243 e. The largest absolute Gasteiger partial charge is 0.385 e. The average molecular weight is 371 g/mol. The molecule has 1 amide bonds. The Bertz CT molecular complexity index is 625. The average Bonchev–Trinajstić information content (AvgIpc) is 2.59. The molecule has 142 valence electrons. The van der Waals surface area contributed by atoms with Crippen LogP contribution in [-0.4, -0.2) is 51.5 Å². The van der Waals surface area contributed by atoms with Gasteiger partial charge in [0.2, 0.25) is 15.9 Å². The van der Waals surface area contributed by atoms with Crippen molar-refractivity contribution in [2.24, 2.45) is 0 Å². The number of nitrogens with zero attached hydrogens (tertiary/aromatic N) is 1. The number of aryl methyl sites for hydroxylation is 1. The van der Waals surface area contributed by atoms with Crippen LogP contribution >= 0.6 is 0 Å². The molecule has 0 heterocycles. The lowest BCUT2D eigenvalue weighted by atomic mass is 10.1. The number of benzene rings is 1. The molecule has 0 fully saturated rings. The van der Waals surface area contributed by atoms with Crippen LogP contribution in [0.2, 0.25) is 0 Å². The smallest absolute Gasteiger partial charge is 0.243 e. The molecule has 0 spiro atoms. The third-order valence-corrected chi connectivity index (χ3v) is 6.13. The van der Waals surface area contributed by atoms with Crippen molar-refractivity contribution < 1.29 is 17.9 Å². The monoisotopic (exact) mass is 370 g/mol. The standard InChI is InChI=1S/C18H30N2O4S/c1-5-20(6-2)25(22,23)17-10-7-16(8-11-17)9-12-18(21)19-15(3)13-14-24-4/h7-8,10-11,15H,5-6,9,12-14H2,1-4H3,(H,19,21). The molecule has 7 heteroatoms. The SMILES string of the molecule is CCN(CC)S(=O)(=O)c1ccc(CCC(=O)NC(C)CCOC)cc1. The summed E-state index contributed by atoms with van der Waals surface area (Å²) in [5.41, 5.74) is 0.943. The Labute approximate surface area is 151 Å². The van der Waals surface area contributed by atoms with Crippen molar-refractivity contribution in [3.63, 3.8) is 0 Å². The van der Waals surface area contributed by atoms with E-state index in [-0.39, 0.29) is 16.8 Å². The van der Waals surface area contributed by atoms with Crippen LogP contribution < -0.4 is 5.32 Å². The molecule has 0 radical (unpaired) electrons. The summed E-state index contributed by atoms with van der Waals surface area (Å²) in [5, 5.41) is 2.93. The fourth-order valence-electron chi connectivity index (χ4n) is 2.51. The molecule has 0 aliphatic heterocycles. The summed E-state index contributed by atoms with van der Waals surface area (Å²) >= 11 is 0. The Balaban J connectivity index is 2.59. The third-order valence-electron chi connectivity index (χ3n) is 4.07. The fourth-order valence-corrected chi connectivity index (χ4v) is 3.97. The van der Waals surface area contributed by atoms with Gasteiger partial charge in [-0.15, -0.1) is 0 Å². The molecule has 0 saturated heterocycles. The highest BCUT2D eigenvalue weighted by Crippen LogP contribution is 2.16. The van der Waals surface area contributed by atoms with E-state index in [0.29, 0.717) is 32.5 Å². The summed E-state index contributed by atoms with van der Waals surface area (Å²) in [5.74, 6) is -0.0107. The van der Waals surface area contributed by atoms with Crippen molar-refractivity contribution >= 4 is 15.9 Å². The van der Waals surface area contributed by atoms with Crippen molar-refractivity contribution in [2.75, 3.05) is 26.8 Å². The van der Waals surface area contributed by atoms with Crippen molar-refractivity contribution in [3.8, 4) is 0 Å². The minimum atomic E-state index is -3.43. The molecule has 0 bridgehead atoms. The number of carbonyl (C=O) groups excluding carboxylic acids is 1. The molecule has 0 aromatic heterocycles. The predicted molar refractivity (Wildman–Crippen MR) is 99.0 cm³/mol. The van der Waals surface area contributed by atoms with E-state index < -0.39 is 10.0 Å². The van der Waals surface area contributed by atoms with Crippen LogP contribution in [0.15, 0.2) is 29.2 Å². The molecular formula is C18H30N2O4S. The summed E-state index contributed by atoms with van der Waals surface area (Å²) < 4.78 is 31.3. The van der Waals surface area contributed by atoms with E-state index in [1.54, 1.807) is 31.4 Å². The van der Waals surface area contributed by atoms with Gasteiger partial charge in [0, 0.05) is 39.3 Å². The van der Waals surface area contributed by atoms with Crippen LogP contribution in [0.3, 0.4) is 0 Å². The Kier molecular flexibility index (Phi) is 9.10. The van der Waals surface area contributed by atoms with E-state index >= 15 is 0 Å². The zero-order valence-corrected chi connectivity index (χ0v) is 16.4. The zero-order chi connectivity index (χ0) is 18.9. The first-order chi connectivity index (χ1) is 11.8. The van der Waals surface area contributed by atoms with Crippen molar-refractivity contribution in [2.45, 2.75) is 51.0 Å². The van der Waals surface area contributed by atoms with Gasteiger partial charge in [0.05, 0.1) is 4.90 Å². The third kappa shape index (κ3) is 6.76. The second kappa shape index (κ2) is 10.5. The van der Waals surface area contributed by atoms with E-state index in [4.69, 9.17) is 4.74 Å². The van der Waals surface area contributed by atoms with Gasteiger partial charge in [-0.1, -0.05) is 26.0 Å². The van der Waals surface area contributed by atoms with Crippen molar-refractivity contribution in [1.29, 1.82) is 0 Å². The van der Waals surface area contributed by atoms with Gasteiger partial charge in [-0.3, -0.25) is 4.79 Å². The van der Waals surface area contributed by atoms with Crippen LogP contribution in [-0.2, 0) is 26.0 Å². The van der Waals surface area contributed by atoms with Crippen LogP contribution in [0.5, 0.6) is 0 Å². The summed E-state index contributed by atoms with van der Waals surface area (Å²) in [4.78, 5) is 12.2. The lowest BCUT2D eigenvalue weighted by Crippen LogP contribution is -2.33. The molecule has 1 rings (SSSR count). The molecule has 25 heavy (non-hydrogen) atoms. The summed E-state index contributed by atoms with van der Waals surface area (Å²) in [7, 11) is -1.79. The van der Waals surface area contributed by atoms with Gasteiger partial charge in [-0.25, -0.2) is 8.42 Å². The molecule has 0 saturated carbocycles. The minimum Gasteiger partial charge on any atom is -0.385 e.